The number of amides is 1. The summed E-state index contributed by atoms with van der Waals surface area (Å²) < 4.78 is 7.12. The molecule has 0 atom stereocenters. The van der Waals surface area contributed by atoms with Gasteiger partial charge in [0, 0.05) is 4.88 Å². The summed E-state index contributed by atoms with van der Waals surface area (Å²) in [6.45, 7) is 3.96. The molecule has 1 amide bonds. The second-order valence-electron chi connectivity index (χ2n) is 5.14. The zero-order valence-corrected chi connectivity index (χ0v) is 15.5. The Morgan fingerprint density at radius 2 is 2.24 bits per heavy atom. The van der Waals surface area contributed by atoms with Crippen LogP contribution < -0.4 is 5.32 Å². The lowest BCUT2D eigenvalue weighted by Crippen LogP contribution is -2.10. The number of carbonyl (C=O) groups is 1. The van der Waals surface area contributed by atoms with Crippen molar-refractivity contribution in [1.29, 1.82) is 0 Å². The van der Waals surface area contributed by atoms with Crippen molar-refractivity contribution in [2.45, 2.75) is 20.4 Å². The zero-order chi connectivity index (χ0) is 18.1. The maximum Gasteiger partial charge on any atom is 0.404 e. The van der Waals surface area contributed by atoms with Gasteiger partial charge in [0.25, 0.3) is 5.91 Å². The molecule has 0 fully saturated rings. The fourth-order valence-corrected chi connectivity index (χ4v) is 3.29. The molecule has 11 heteroatoms. The Morgan fingerprint density at radius 1 is 1.48 bits per heavy atom. The number of aromatic nitrogens is 3. The highest BCUT2D eigenvalue weighted by Crippen LogP contribution is 2.24. The van der Waals surface area contributed by atoms with Gasteiger partial charge in [0.05, 0.1) is 17.0 Å². The average molecular weight is 426 g/mol. The first-order valence-electron chi connectivity index (χ1n) is 7.05. The first kappa shape index (κ1) is 17.3. The molecule has 3 rings (SSSR count). The first-order chi connectivity index (χ1) is 11.8. The molecule has 0 aliphatic rings. The fraction of sp³-hybridized carbons (Fsp3) is 0.214. The largest absolute Gasteiger partial charge is 0.454 e. The van der Waals surface area contributed by atoms with E-state index in [1.807, 2.05) is 13.8 Å². The topological polar surface area (TPSA) is 116 Å². The average Bonchev–Trinajstić information content (AvgIpc) is 3.21. The number of furan rings is 1. The van der Waals surface area contributed by atoms with Gasteiger partial charge in [-0.15, -0.1) is 11.3 Å². The number of thiazole rings is 1. The van der Waals surface area contributed by atoms with E-state index >= 15 is 0 Å². The highest BCUT2D eigenvalue weighted by Gasteiger charge is 2.20. The molecule has 0 spiro atoms. The summed E-state index contributed by atoms with van der Waals surface area (Å²) in [4.78, 5) is 27.7. The van der Waals surface area contributed by atoms with Crippen LogP contribution in [0.15, 0.2) is 27.2 Å². The van der Waals surface area contributed by atoms with Gasteiger partial charge in [-0.1, -0.05) is 0 Å². The van der Waals surface area contributed by atoms with E-state index < -0.39 is 10.8 Å². The monoisotopic (exact) mass is 425 g/mol. The van der Waals surface area contributed by atoms with Crippen LogP contribution in [0.1, 0.15) is 26.9 Å². The molecular formula is C14H12BrN5O4S. The summed E-state index contributed by atoms with van der Waals surface area (Å²) in [6, 6.07) is 3.15. The number of carbonyl (C=O) groups excluding carboxylic acids is 1. The van der Waals surface area contributed by atoms with Gasteiger partial charge in [-0.05, 0) is 46.8 Å². The number of aryl methyl sites for hydroxylation is 2. The minimum atomic E-state index is -0.584. The molecule has 25 heavy (non-hydrogen) atoms. The highest BCUT2D eigenvalue weighted by molar-refractivity contribution is 9.10. The number of nitro groups is 1. The van der Waals surface area contributed by atoms with Crippen molar-refractivity contribution in [3.63, 3.8) is 0 Å². The zero-order valence-electron chi connectivity index (χ0n) is 13.1. The molecule has 0 aromatic carbocycles. The molecule has 3 heterocycles. The maximum atomic E-state index is 12.2. The van der Waals surface area contributed by atoms with Crippen LogP contribution in [0.3, 0.4) is 0 Å². The van der Waals surface area contributed by atoms with E-state index in [-0.39, 0.29) is 22.6 Å². The SMILES string of the molecule is Cc1nc(NC(=O)c2ccc(Cn3cc(Br)c([N+](=O)[O-])n3)o2)sc1C. The number of hydrogen-bond donors (Lipinski definition) is 1. The summed E-state index contributed by atoms with van der Waals surface area (Å²) in [5, 5.41) is 17.8. The predicted octanol–water partition coefficient (Wildman–Crippen LogP) is 3.52. The Morgan fingerprint density at radius 3 is 2.84 bits per heavy atom. The van der Waals surface area contributed by atoms with Gasteiger partial charge < -0.3 is 14.5 Å². The van der Waals surface area contributed by atoms with Crippen LogP contribution >= 0.6 is 27.3 Å². The van der Waals surface area contributed by atoms with Crippen molar-refractivity contribution in [3.05, 3.63) is 55.0 Å². The third-order valence-corrected chi connectivity index (χ3v) is 4.87. The third-order valence-electron chi connectivity index (χ3n) is 3.32. The molecule has 3 aromatic heterocycles. The number of nitrogens with one attached hydrogen (secondary N) is 1. The van der Waals surface area contributed by atoms with Crippen LogP contribution in [0.25, 0.3) is 0 Å². The third kappa shape index (κ3) is 3.77. The van der Waals surface area contributed by atoms with Gasteiger partial charge in [0.15, 0.2) is 10.9 Å². The molecule has 0 radical (unpaired) electrons. The summed E-state index contributed by atoms with van der Waals surface area (Å²) in [6.07, 6.45) is 1.47. The van der Waals surface area contributed by atoms with Gasteiger partial charge in [0.2, 0.25) is 0 Å². The second kappa shape index (κ2) is 6.76. The lowest BCUT2D eigenvalue weighted by molar-refractivity contribution is -0.390. The van der Waals surface area contributed by atoms with E-state index in [1.165, 1.54) is 28.3 Å². The van der Waals surface area contributed by atoms with Gasteiger partial charge >= 0.3 is 5.82 Å². The second-order valence-corrected chi connectivity index (χ2v) is 7.19. The molecule has 0 saturated carbocycles. The smallest absolute Gasteiger partial charge is 0.404 e. The lowest BCUT2D eigenvalue weighted by atomic mass is 10.4. The van der Waals surface area contributed by atoms with Crippen LogP contribution in [0.4, 0.5) is 10.9 Å². The van der Waals surface area contributed by atoms with E-state index in [0.29, 0.717) is 10.9 Å². The summed E-state index contributed by atoms with van der Waals surface area (Å²) in [7, 11) is 0. The van der Waals surface area contributed by atoms with Crippen LogP contribution in [-0.2, 0) is 6.54 Å². The van der Waals surface area contributed by atoms with Crippen LogP contribution in [-0.4, -0.2) is 25.6 Å². The van der Waals surface area contributed by atoms with Crippen molar-refractivity contribution in [3.8, 4) is 0 Å². The van der Waals surface area contributed by atoms with Crippen molar-refractivity contribution < 1.29 is 14.1 Å². The predicted molar refractivity (Wildman–Crippen MR) is 93.9 cm³/mol. The Bertz CT molecular complexity index is 941. The Hall–Kier alpha value is -2.53. The highest BCUT2D eigenvalue weighted by atomic mass is 79.9. The summed E-state index contributed by atoms with van der Waals surface area (Å²) >= 11 is 4.46. The van der Waals surface area contributed by atoms with Crippen LogP contribution in [0.2, 0.25) is 0 Å². The van der Waals surface area contributed by atoms with Gasteiger partial charge in [-0.25, -0.2) is 4.98 Å². The van der Waals surface area contributed by atoms with Crippen LogP contribution in [0.5, 0.6) is 0 Å². The Labute approximate surface area is 153 Å². The van der Waals surface area contributed by atoms with Crippen molar-refractivity contribution in [2.24, 2.45) is 0 Å². The number of anilines is 1. The maximum absolute atomic E-state index is 12.2. The Balaban J connectivity index is 1.70. The van der Waals surface area contributed by atoms with Gasteiger partial charge in [-0.3, -0.25) is 10.1 Å². The molecule has 0 aliphatic heterocycles. The quantitative estimate of drug-likeness (QED) is 0.493. The summed E-state index contributed by atoms with van der Waals surface area (Å²) in [5.41, 5.74) is 0.867. The van der Waals surface area contributed by atoms with Crippen molar-refractivity contribution >= 4 is 44.1 Å². The standard InChI is InChI=1S/C14H12BrN5O4S/c1-7-8(2)25-14(16-7)17-13(21)11-4-3-9(24-11)5-19-6-10(15)12(18-19)20(22)23/h3-4,6H,5H2,1-2H3,(H,16,17,21). The van der Waals surface area contributed by atoms with Crippen molar-refractivity contribution in [2.75, 3.05) is 5.32 Å². The Kier molecular flexibility index (Phi) is 4.68. The number of halogens is 1. The van der Waals surface area contributed by atoms with E-state index in [1.54, 1.807) is 6.07 Å². The molecule has 0 bridgehead atoms. The molecule has 0 aliphatic carbocycles. The molecule has 9 nitrogen and oxygen atoms in total. The number of hydrogen-bond acceptors (Lipinski definition) is 7. The van der Waals surface area contributed by atoms with E-state index in [2.05, 4.69) is 31.3 Å². The minimum Gasteiger partial charge on any atom is -0.454 e. The molecule has 130 valence electrons. The van der Waals surface area contributed by atoms with E-state index in [0.717, 1.165) is 10.6 Å². The first-order valence-corrected chi connectivity index (χ1v) is 8.66. The molecule has 1 N–H and O–H groups in total. The molecule has 0 saturated heterocycles. The lowest BCUT2D eigenvalue weighted by Gasteiger charge is -1.98. The molecular weight excluding hydrogens is 414 g/mol. The normalized spacial score (nSPS) is 10.8. The molecule has 3 aromatic rings. The van der Waals surface area contributed by atoms with E-state index in [9.17, 15) is 14.9 Å². The summed E-state index contributed by atoms with van der Waals surface area (Å²) in [5.74, 6) is -0.116. The molecule has 0 unspecified atom stereocenters. The number of nitrogens with zero attached hydrogens (tertiary/aromatic N) is 4. The van der Waals surface area contributed by atoms with E-state index in [4.69, 9.17) is 4.42 Å². The number of rotatable bonds is 5. The van der Waals surface area contributed by atoms with Crippen molar-refractivity contribution in [1.82, 2.24) is 14.8 Å². The van der Waals surface area contributed by atoms with Gasteiger partial charge in [-0.2, -0.15) is 4.68 Å². The fourth-order valence-electron chi connectivity index (χ4n) is 2.02. The minimum absolute atomic E-state index is 0.126. The van der Waals surface area contributed by atoms with Crippen LogP contribution in [0, 0.1) is 24.0 Å². The van der Waals surface area contributed by atoms with Gasteiger partial charge in [0.1, 0.15) is 16.8 Å².